The van der Waals surface area contributed by atoms with Crippen molar-refractivity contribution in [1.82, 2.24) is 14.9 Å². The first-order chi connectivity index (χ1) is 15.1. The molecule has 2 heterocycles. The van der Waals surface area contributed by atoms with E-state index in [9.17, 15) is 9.59 Å². The fourth-order valence-corrected chi connectivity index (χ4v) is 3.62. The minimum atomic E-state index is -0.260. The van der Waals surface area contributed by atoms with Crippen LogP contribution in [0.5, 0.6) is 0 Å². The molecule has 0 bridgehead atoms. The minimum Gasteiger partial charge on any atom is -0.376 e. The lowest BCUT2D eigenvalue weighted by Crippen LogP contribution is -2.32. The average Bonchev–Trinajstić information content (AvgIpc) is 3.45. The van der Waals surface area contributed by atoms with Crippen molar-refractivity contribution in [3.05, 3.63) is 83.4 Å². The summed E-state index contributed by atoms with van der Waals surface area (Å²) in [5, 5.41) is 5.77. The van der Waals surface area contributed by atoms with Crippen molar-refractivity contribution in [3.63, 3.8) is 0 Å². The second kappa shape index (κ2) is 9.57. The molecule has 0 saturated carbocycles. The average molecular weight is 418 g/mol. The Balaban J connectivity index is 1.40. The number of hydrogen-bond donors (Lipinski definition) is 2. The van der Waals surface area contributed by atoms with E-state index in [1.165, 1.54) is 0 Å². The van der Waals surface area contributed by atoms with E-state index >= 15 is 0 Å². The van der Waals surface area contributed by atoms with Gasteiger partial charge in [0.15, 0.2) is 0 Å². The molecule has 2 N–H and O–H groups in total. The molecule has 1 atom stereocenters. The Morgan fingerprint density at radius 1 is 1.13 bits per heavy atom. The number of amides is 2. The Morgan fingerprint density at radius 2 is 1.94 bits per heavy atom. The maximum Gasteiger partial charge on any atom is 0.255 e. The number of nitrogens with zero attached hydrogens (tertiary/aromatic N) is 2. The van der Waals surface area contributed by atoms with E-state index in [1.54, 1.807) is 42.6 Å². The third kappa shape index (κ3) is 5.19. The Bertz CT molecular complexity index is 1050. The number of aryl methyl sites for hydroxylation is 1. The van der Waals surface area contributed by atoms with Crippen LogP contribution in [0.2, 0.25) is 0 Å². The topological polar surface area (TPSA) is 85.2 Å². The van der Waals surface area contributed by atoms with Crippen molar-refractivity contribution < 1.29 is 14.3 Å². The summed E-state index contributed by atoms with van der Waals surface area (Å²) in [6.07, 6.45) is 5.74. The SMILES string of the molecule is Cc1nccn1Cc1ccc(C(=O)Nc2ccccc2C(=O)NC[C@@H]2CCCO2)cc1. The first-order valence-electron chi connectivity index (χ1n) is 10.5. The molecule has 0 spiro atoms. The molecule has 0 aliphatic carbocycles. The fraction of sp³-hybridized carbons (Fsp3) is 0.292. The van der Waals surface area contributed by atoms with Crippen LogP contribution in [0.25, 0.3) is 0 Å². The lowest BCUT2D eigenvalue weighted by Gasteiger charge is -2.14. The quantitative estimate of drug-likeness (QED) is 0.616. The fourth-order valence-electron chi connectivity index (χ4n) is 3.62. The van der Waals surface area contributed by atoms with Gasteiger partial charge >= 0.3 is 0 Å². The molecule has 2 aromatic carbocycles. The maximum absolute atomic E-state index is 12.8. The Kier molecular flexibility index (Phi) is 6.43. The van der Waals surface area contributed by atoms with Gasteiger partial charge in [0.25, 0.3) is 11.8 Å². The maximum atomic E-state index is 12.8. The number of para-hydroxylation sites is 1. The molecule has 7 heteroatoms. The van der Waals surface area contributed by atoms with Gasteiger partial charge in [0.05, 0.1) is 17.4 Å². The minimum absolute atomic E-state index is 0.0651. The van der Waals surface area contributed by atoms with Gasteiger partial charge in [-0.05, 0) is 49.6 Å². The van der Waals surface area contributed by atoms with Crippen LogP contribution in [0.15, 0.2) is 60.9 Å². The van der Waals surface area contributed by atoms with Crippen molar-refractivity contribution in [2.45, 2.75) is 32.4 Å². The highest BCUT2D eigenvalue weighted by Crippen LogP contribution is 2.18. The van der Waals surface area contributed by atoms with Gasteiger partial charge in [-0.1, -0.05) is 24.3 Å². The summed E-state index contributed by atoms with van der Waals surface area (Å²) in [4.78, 5) is 29.6. The number of rotatable bonds is 7. The summed E-state index contributed by atoms with van der Waals surface area (Å²) < 4.78 is 7.59. The van der Waals surface area contributed by atoms with E-state index in [1.807, 2.05) is 29.8 Å². The van der Waals surface area contributed by atoms with Crippen molar-refractivity contribution in [2.24, 2.45) is 0 Å². The van der Waals surface area contributed by atoms with E-state index in [0.717, 1.165) is 30.8 Å². The Labute approximate surface area is 181 Å². The van der Waals surface area contributed by atoms with E-state index in [-0.39, 0.29) is 17.9 Å². The highest BCUT2D eigenvalue weighted by atomic mass is 16.5. The van der Waals surface area contributed by atoms with Gasteiger partial charge < -0.3 is 19.9 Å². The van der Waals surface area contributed by atoms with E-state index in [0.29, 0.717) is 29.9 Å². The second-order valence-electron chi connectivity index (χ2n) is 7.64. The van der Waals surface area contributed by atoms with Gasteiger partial charge in [0, 0.05) is 37.7 Å². The summed E-state index contributed by atoms with van der Waals surface area (Å²) in [7, 11) is 0. The second-order valence-corrected chi connectivity index (χ2v) is 7.64. The summed E-state index contributed by atoms with van der Waals surface area (Å²) in [6.45, 7) is 3.87. The van der Waals surface area contributed by atoms with Gasteiger partial charge in [-0.15, -0.1) is 0 Å². The van der Waals surface area contributed by atoms with Gasteiger partial charge in [0.1, 0.15) is 5.82 Å². The number of hydrogen-bond acceptors (Lipinski definition) is 4. The van der Waals surface area contributed by atoms with Gasteiger partial charge in [0.2, 0.25) is 0 Å². The molecule has 1 aliphatic rings. The van der Waals surface area contributed by atoms with E-state index < -0.39 is 0 Å². The summed E-state index contributed by atoms with van der Waals surface area (Å²) in [5.41, 5.74) is 2.52. The predicted octanol–water partition coefficient (Wildman–Crippen LogP) is 3.40. The first kappa shape index (κ1) is 20.8. The highest BCUT2D eigenvalue weighted by Gasteiger charge is 2.18. The smallest absolute Gasteiger partial charge is 0.255 e. The first-order valence-corrected chi connectivity index (χ1v) is 10.5. The van der Waals surface area contributed by atoms with Gasteiger partial charge in [-0.25, -0.2) is 4.98 Å². The zero-order chi connectivity index (χ0) is 21.6. The molecule has 160 valence electrons. The van der Waals surface area contributed by atoms with E-state index in [2.05, 4.69) is 15.6 Å². The molecule has 1 fully saturated rings. The number of imidazole rings is 1. The molecule has 1 aliphatic heterocycles. The Hall–Kier alpha value is -3.45. The monoisotopic (exact) mass is 418 g/mol. The lowest BCUT2D eigenvalue weighted by atomic mass is 10.1. The number of anilines is 1. The third-order valence-electron chi connectivity index (χ3n) is 5.43. The van der Waals surface area contributed by atoms with Crippen molar-refractivity contribution in [2.75, 3.05) is 18.5 Å². The number of nitrogens with one attached hydrogen (secondary N) is 2. The number of benzene rings is 2. The largest absolute Gasteiger partial charge is 0.376 e. The number of aromatic nitrogens is 2. The van der Waals surface area contributed by atoms with Crippen LogP contribution in [0.3, 0.4) is 0 Å². The van der Waals surface area contributed by atoms with E-state index in [4.69, 9.17) is 4.74 Å². The summed E-state index contributed by atoms with van der Waals surface area (Å²) >= 11 is 0. The van der Waals surface area contributed by atoms with Crippen LogP contribution in [0, 0.1) is 6.92 Å². The lowest BCUT2D eigenvalue weighted by molar-refractivity contribution is 0.0858. The van der Waals surface area contributed by atoms with Crippen molar-refractivity contribution >= 4 is 17.5 Å². The number of carbonyl (C=O) groups is 2. The van der Waals surface area contributed by atoms with Crippen LogP contribution in [0.4, 0.5) is 5.69 Å². The molecule has 4 rings (SSSR count). The van der Waals surface area contributed by atoms with Crippen molar-refractivity contribution in [1.29, 1.82) is 0 Å². The third-order valence-corrected chi connectivity index (χ3v) is 5.43. The summed E-state index contributed by atoms with van der Waals surface area (Å²) in [5.74, 6) is 0.457. The normalized spacial score (nSPS) is 15.6. The molecule has 2 amide bonds. The van der Waals surface area contributed by atoms with Crippen LogP contribution < -0.4 is 10.6 Å². The van der Waals surface area contributed by atoms with Crippen molar-refractivity contribution in [3.8, 4) is 0 Å². The molecule has 1 aromatic heterocycles. The molecule has 7 nitrogen and oxygen atoms in total. The zero-order valence-electron chi connectivity index (χ0n) is 17.5. The standard InChI is InChI=1S/C24H26N4O3/c1-17-25-12-13-28(17)16-18-8-10-19(11-9-18)23(29)27-22-7-3-2-6-21(22)24(30)26-15-20-5-4-14-31-20/h2-3,6-13,20H,4-5,14-16H2,1H3,(H,26,30)(H,27,29)/t20-/m0/s1. The van der Waals surface area contributed by atoms with Crippen LogP contribution in [-0.2, 0) is 11.3 Å². The van der Waals surface area contributed by atoms with Gasteiger partial charge in [-0.3, -0.25) is 9.59 Å². The number of carbonyl (C=O) groups excluding carboxylic acids is 2. The van der Waals surface area contributed by atoms with Crippen LogP contribution in [-0.4, -0.2) is 40.6 Å². The zero-order valence-corrected chi connectivity index (χ0v) is 17.5. The molecule has 1 saturated heterocycles. The molecular weight excluding hydrogens is 392 g/mol. The molecular formula is C24H26N4O3. The Morgan fingerprint density at radius 3 is 2.65 bits per heavy atom. The highest BCUT2D eigenvalue weighted by molar-refractivity contribution is 6.09. The molecule has 31 heavy (non-hydrogen) atoms. The molecule has 0 unspecified atom stereocenters. The predicted molar refractivity (Wildman–Crippen MR) is 118 cm³/mol. The molecule has 3 aromatic rings. The molecule has 0 radical (unpaired) electrons. The summed E-state index contributed by atoms with van der Waals surface area (Å²) in [6, 6.07) is 14.4. The number of ether oxygens (including phenoxy) is 1. The van der Waals surface area contributed by atoms with Crippen LogP contribution >= 0.6 is 0 Å². The van der Waals surface area contributed by atoms with Gasteiger partial charge in [-0.2, -0.15) is 0 Å². The van der Waals surface area contributed by atoms with Crippen LogP contribution in [0.1, 0.15) is 44.9 Å².